The minimum Gasteiger partial charge on any atom is -0.479 e. The highest BCUT2D eigenvalue weighted by atomic mass is 35.5. The lowest BCUT2D eigenvalue weighted by Gasteiger charge is -2.37. The topological polar surface area (TPSA) is 109 Å². The predicted molar refractivity (Wildman–Crippen MR) is 85.1 cm³/mol. The number of nitrogens with zero attached hydrogens (tertiary/aromatic N) is 4. The first kappa shape index (κ1) is 18.3. The number of halogens is 2. The van der Waals surface area contributed by atoms with Crippen molar-refractivity contribution < 1.29 is 19.2 Å². The Hall–Kier alpha value is -2.03. The number of hydrogen-bond donors (Lipinski definition) is 1. The van der Waals surface area contributed by atoms with E-state index in [1.54, 1.807) is 0 Å². The molecule has 8 nitrogen and oxygen atoms in total. The van der Waals surface area contributed by atoms with Crippen molar-refractivity contribution in [2.45, 2.75) is 50.7 Å². The van der Waals surface area contributed by atoms with Gasteiger partial charge in [0.1, 0.15) is 6.20 Å². The van der Waals surface area contributed by atoms with Gasteiger partial charge in [-0.25, -0.2) is 14.2 Å². The molecule has 1 aliphatic rings. The second-order valence-corrected chi connectivity index (χ2v) is 6.37. The lowest BCUT2D eigenvalue weighted by molar-refractivity contribution is -0.384. The van der Waals surface area contributed by atoms with E-state index >= 15 is 0 Å². The fraction of sp³-hybridized carbons (Fsp3) is 0.643. The van der Waals surface area contributed by atoms with Crippen molar-refractivity contribution in [1.82, 2.24) is 9.97 Å². The number of hydrogen-bond acceptors (Lipinski definition) is 6. The van der Waals surface area contributed by atoms with E-state index < -0.39 is 28.8 Å². The van der Waals surface area contributed by atoms with Crippen LogP contribution in [0.1, 0.15) is 39.0 Å². The number of aromatic nitrogens is 2. The molecular weight excluding hydrogens is 343 g/mol. The van der Waals surface area contributed by atoms with Crippen LogP contribution in [-0.4, -0.2) is 44.2 Å². The standard InChI is InChI=1S/C14H18ClFN4O4/c1-14(16,12(21)22)8-19(9-5-3-2-4-6-9)11-10(20(23)24)7-17-13(15)18-11/h7,9H,2-6,8H2,1H3,(H,21,22). The zero-order valence-electron chi connectivity index (χ0n) is 13.1. The minimum atomic E-state index is -2.58. The van der Waals surface area contributed by atoms with E-state index in [9.17, 15) is 19.3 Å². The van der Waals surface area contributed by atoms with Gasteiger partial charge in [0.05, 0.1) is 11.5 Å². The molecule has 0 aliphatic heterocycles. The fourth-order valence-corrected chi connectivity index (χ4v) is 2.97. The Morgan fingerprint density at radius 3 is 2.71 bits per heavy atom. The maximum atomic E-state index is 14.4. The molecule has 1 aliphatic carbocycles. The van der Waals surface area contributed by atoms with Gasteiger partial charge in [-0.2, -0.15) is 4.98 Å². The zero-order valence-corrected chi connectivity index (χ0v) is 13.9. The number of alkyl halides is 1. The van der Waals surface area contributed by atoms with E-state index in [-0.39, 0.29) is 17.1 Å². The van der Waals surface area contributed by atoms with Gasteiger partial charge in [-0.15, -0.1) is 0 Å². The van der Waals surface area contributed by atoms with Crippen molar-refractivity contribution in [3.05, 3.63) is 21.6 Å². The maximum Gasteiger partial charge on any atom is 0.343 e. The van der Waals surface area contributed by atoms with E-state index in [1.807, 2.05) is 0 Å². The highest BCUT2D eigenvalue weighted by molar-refractivity contribution is 6.28. The van der Waals surface area contributed by atoms with E-state index in [0.717, 1.165) is 32.4 Å². The van der Waals surface area contributed by atoms with Crippen LogP contribution in [0.2, 0.25) is 5.28 Å². The molecule has 132 valence electrons. The van der Waals surface area contributed by atoms with E-state index in [2.05, 4.69) is 9.97 Å². The summed E-state index contributed by atoms with van der Waals surface area (Å²) in [5.74, 6) is -1.77. The van der Waals surface area contributed by atoms with Crippen LogP contribution in [0, 0.1) is 10.1 Å². The molecule has 1 aromatic rings. The summed E-state index contributed by atoms with van der Waals surface area (Å²) < 4.78 is 14.4. The quantitative estimate of drug-likeness (QED) is 0.471. The molecular formula is C14H18ClFN4O4. The van der Waals surface area contributed by atoms with Crippen molar-refractivity contribution >= 4 is 29.1 Å². The first-order chi connectivity index (χ1) is 11.2. The molecule has 1 saturated carbocycles. The van der Waals surface area contributed by atoms with E-state index in [4.69, 9.17) is 16.7 Å². The molecule has 0 aromatic carbocycles. The first-order valence-electron chi connectivity index (χ1n) is 7.58. The van der Waals surface area contributed by atoms with Crippen molar-refractivity contribution in [2.75, 3.05) is 11.4 Å². The van der Waals surface area contributed by atoms with Crippen LogP contribution < -0.4 is 4.90 Å². The van der Waals surface area contributed by atoms with Gasteiger partial charge in [-0.1, -0.05) is 19.3 Å². The summed E-state index contributed by atoms with van der Waals surface area (Å²) in [7, 11) is 0. The average Bonchev–Trinajstić information content (AvgIpc) is 2.53. The average molecular weight is 361 g/mol. The van der Waals surface area contributed by atoms with Crippen molar-refractivity contribution in [3.8, 4) is 0 Å². The molecule has 10 heteroatoms. The van der Waals surface area contributed by atoms with Gasteiger partial charge in [-0.05, 0) is 31.4 Å². The number of anilines is 1. The Morgan fingerprint density at radius 1 is 1.54 bits per heavy atom. The summed E-state index contributed by atoms with van der Waals surface area (Å²) in [5.41, 5.74) is -3.01. The molecule has 0 saturated heterocycles. The summed E-state index contributed by atoms with van der Waals surface area (Å²) in [5, 5.41) is 20.1. The Balaban J connectivity index is 2.47. The second-order valence-electron chi connectivity index (χ2n) is 6.03. The number of rotatable bonds is 6. The molecule has 2 rings (SSSR count). The summed E-state index contributed by atoms with van der Waals surface area (Å²) in [4.78, 5) is 30.6. The normalized spacial score (nSPS) is 18.0. The molecule has 1 unspecified atom stereocenters. The molecule has 0 amide bonds. The first-order valence-corrected chi connectivity index (χ1v) is 7.96. The molecule has 1 aromatic heterocycles. The third-order valence-corrected chi connectivity index (χ3v) is 4.30. The summed E-state index contributed by atoms with van der Waals surface area (Å²) >= 11 is 5.76. The van der Waals surface area contributed by atoms with Gasteiger partial charge >= 0.3 is 11.7 Å². The highest BCUT2D eigenvalue weighted by Gasteiger charge is 2.40. The number of nitro groups is 1. The number of carboxylic acid groups (broad SMARTS) is 1. The molecule has 1 fully saturated rings. The third kappa shape index (κ3) is 4.08. The second kappa shape index (κ2) is 7.25. The van der Waals surface area contributed by atoms with Crippen LogP contribution in [0.5, 0.6) is 0 Å². The summed E-state index contributed by atoms with van der Waals surface area (Å²) in [6.45, 7) is 0.376. The molecule has 24 heavy (non-hydrogen) atoms. The minimum absolute atomic E-state index is 0.142. The lowest BCUT2D eigenvalue weighted by atomic mass is 9.93. The van der Waals surface area contributed by atoms with Crippen molar-refractivity contribution in [3.63, 3.8) is 0 Å². The Labute approximate surface area is 142 Å². The third-order valence-electron chi connectivity index (χ3n) is 4.12. The van der Waals surface area contributed by atoms with Crippen LogP contribution in [0.15, 0.2) is 6.20 Å². The van der Waals surface area contributed by atoms with Gasteiger partial charge in [0.25, 0.3) is 0 Å². The van der Waals surface area contributed by atoms with Gasteiger partial charge in [-0.3, -0.25) is 10.1 Å². The van der Waals surface area contributed by atoms with Gasteiger partial charge in [0.15, 0.2) is 0 Å². The Morgan fingerprint density at radius 2 is 2.17 bits per heavy atom. The predicted octanol–water partition coefficient (Wildman–Crippen LogP) is 2.99. The SMILES string of the molecule is CC(F)(CN(c1nc(Cl)ncc1[N+](=O)[O-])C1CCCCC1)C(=O)O. The smallest absolute Gasteiger partial charge is 0.343 e. The molecule has 1 N–H and O–H groups in total. The molecule has 1 heterocycles. The molecule has 0 spiro atoms. The van der Waals surface area contributed by atoms with Gasteiger partial charge in [0.2, 0.25) is 16.8 Å². The monoisotopic (exact) mass is 360 g/mol. The summed E-state index contributed by atoms with van der Waals surface area (Å²) in [6.07, 6.45) is 5.08. The van der Waals surface area contributed by atoms with Crippen molar-refractivity contribution in [2.24, 2.45) is 0 Å². The highest BCUT2D eigenvalue weighted by Crippen LogP contribution is 2.34. The summed E-state index contributed by atoms with van der Waals surface area (Å²) in [6, 6.07) is -0.238. The van der Waals surface area contributed by atoms with Crippen LogP contribution in [-0.2, 0) is 4.79 Å². The largest absolute Gasteiger partial charge is 0.479 e. The van der Waals surface area contributed by atoms with Crippen LogP contribution in [0.4, 0.5) is 15.9 Å². The number of carboxylic acids is 1. The maximum absolute atomic E-state index is 14.4. The van der Waals surface area contributed by atoms with Crippen LogP contribution >= 0.6 is 11.6 Å². The Bertz CT molecular complexity index is 637. The van der Waals surface area contributed by atoms with Crippen molar-refractivity contribution in [1.29, 1.82) is 0 Å². The molecule has 0 radical (unpaired) electrons. The van der Waals surface area contributed by atoms with Gasteiger partial charge < -0.3 is 10.0 Å². The van der Waals surface area contributed by atoms with Gasteiger partial charge in [0, 0.05) is 6.04 Å². The zero-order chi connectivity index (χ0) is 17.9. The number of aliphatic carboxylic acids is 1. The Kier molecular flexibility index (Phi) is 5.53. The molecule has 0 bridgehead atoms. The van der Waals surface area contributed by atoms with Crippen LogP contribution in [0.3, 0.4) is 0 Å². The van der Waals surface area contributed by atoms with E-state index in [0.29, 0.717) is 12.8 Å². The lowest BCUT2D eigenvalue weighted by Crippen LogP contribution is -2.49. The van der Waals surface area contributed by atoms with E-state index in [1.165, 1.54) is 4.90 Å². The van der Waals surface area contributed by atoms with Crippen LogP contribution in [0.25, 0.3) is 0 Å². The number of carbonyl (C=O) groups is 1. The molecule has 1 atom stereocenters. The fourth-order valence-electron chi connectivity index (χ4n) is 2.84.